The monoisotopic (exact) mass is 490 g/mol. The minimum Gasteiger partial charge on any atom is -0.452 e. The summed E-state index contributed by atoms with van der Waals surface area (Å²) in [6, 6.07) is 17.1. The van der Waals surface area contributed by atoms with E-state index in [9.17, 15) is 27.6 Å². The molecule has 1 N–H and O–H groups in total. The van der Waals surface area contributed by atoms with Crippen LogP contribution < -0.4 is 10.2 Å². The van der Waals surface area contributed by atoms with Crippen LogP contribution in [0.1, 0.15) is 26.3 Å². The number of carbonyl (C=O) groups is 3. The number of rotatable bonds is 6. The van der Waals surface area contributed by atoms with E-state index < -0.39 is 36.1 Å². The van der Waals surface area contributed by atoms with E-state index in [-0.39, 0.29) is 21.8 Å². The zero-order chi connectivity index (χ0) is 24.9. The smallest absolute Gasteiger partial charge is 0.416 e. The average molecular weight is 491 g/mol. The summed E-state index contributed by atoms with van der Waals surface area (Å²) < 4.78 is 43.7. The van der Waals surface area contributed by atoms with E-state index >= 15 is 0 Å². The Morgan fingerprint density at radius 2 is 1.56 bits per heavy atom. The number of hydrogen-bond donors (Lipinski definition) is 1. The topological polar surface area (TPSA) is 75.7 Å². The number of nitrogens with one attached hydrogen (secondary N) is 1. The normalized spacial score (nSPS) is 11.0. The molecule has 10 heteroatoms. The number of ether oxygens (including phenoxy) is 1. The molecule has 0 unspecified atom stereocenters. The average Bonchev–Trinajstić information content (AvgIpc) is 2.82. The second kappa shape index (κ2) is 10.4. The van der Waals surface area contributed by atoms with Crippen molar-refractivity contribution in [2.45, 2.75) is 6.18 Å². The van der Waals surface area contributed by atoms with E-state index in [0.717, 1.165) is 12.1 Å². The third kappa shape index (κ3) is 5.93. The number of para-hydroxylation sites is 1. The van der Waals surface area contributed by atoms with Crippen LogP contribution in [-0.4, -0.2) is 31.4 Å². The Kier molecular flexibility index (Phi) is 7.57. The lowest BCUT2D eigenvalue weighted by atomic mass is 10.1. The quantitative estimate of drug-likeness (QED) is 0.467. The molecule has 0 bridgehead atoms. The minimum atomic E-state index is -4.63. The highest BCUT2D eigenvalue weighted by Crippen LogP contribution is 2.33. The van der Waals surface area contributed by atoms with Gasteiger partial charge in [-0.05, 0) is 42.5 Å². The molecule has 0 fully saturated rings. The van der Waals surface area contributed by atoms with Crippen molar-refractivity contribution in [1.82, 2.24) is 0 Å². The van der Waals surface area contributed by atoms with E-state index in [0.29, 0.717) is 11.8 Å². The molecule has 3 aromatic carbocycles. The van der Waals surface area contributed by atoms with Crippen molar-refractivity contribution < 1.29 is 32.3 Å². The molecule has 0 aliphatic heterocycles. The summed E-state index contributed by atoms with van der Waals surface area (Å²) in [4.78, 5) is 39.0. The van der Waals surface area contributed by atoms with E-state index in [1.807, 2.05) is 0 Å². The number of nitrogens with zero attached hydrogens (tertiary/aromatic N) is 1. The fourth-order valence-electron chi connectivity index (χ4n) is 2.99. The molecule has 2 amide bonds. The molecule has 176 valence electrons. The van der Waals surface area contributed by atoms with Gasteiger partial charge in [0.1, 0.15) is 0 Å². The highest BCUT2D eigenvalue weighted by molar-refractivity contribution is 6.33. The first kappa shape index (κ1) is 24.8. The van der Waals surface area contributed by atoms with Crippen LogP contribution in [0.2, 0.25) is 5.02 Å². The fourth-order valence-corrected chi connectivity index (χ4v) is 3.15. The van der Waals surface area contributed by atoms with Crippen molar-refractivity contribution in [1.29, 1.82) is 0 Å². The Balaban J connectivity index is 1.69. The van der Waals surface area contributed by atoms with Gasteiger partial charge in [0.05, 0.1) is 27.4 Å². The molecule has 0 aliphatic rings. The molecule has 0 saturated carbocycles. The zero-order valence-electron chi connectivity index (χ0n) is 17.7. The Labute approximate surface area is 197 Å². The van der Waals surface area contributed by atoms with E-state index in [2.05, 4.69) is 5.32 Å². The number of halogens is 4. The lowest BCUT2D eigenvalue weighted by Gasteiger charge is -2.18. The predicted molar refractivity (Wildman–Crippen MR) is 121 cm³/mol. The second-order valence-corrected chi connectivity index (χ2v) is 7.47. The van der Waals surface area contributed by atoms with Gasteiger partial charge in [0.15, 0.2) is 6.61 Å². The van der Waals surface area contributed by atoms with E-state index in [4.69, 9.17) is 16.3 Å². The van der Waals surface area contributed by atoms with Crippen molar-refractivity contribution in [2.75, 3.05) is 23.9 Å². The van der Waals surface area contributed by atoms with Crippen LogP contribution in [0, 0.1) is 0 Å². The van der Waals surface area contributed by atoms with Crippen LogP contribution in [0.15, 0.2) is 72.8 Å². The summed E-state index contributed by atoms with van der Waals surface area (Å²) in [6.07, 6.45) is -4.63. The molecule has 0 aromatic heterocycles. The molecule has 6 nitrogen and oxygen atoms in total. The molecule has 34 heavy (non-hydrogen) atoms. The number of amides is 2. The molecule has 0 radical (unpaired) electrons. The summed E-state index contributed by atoms with van der Waals surface area (Å²) in [7, 11) is 1.55. The van der Waals surface area contributed by atoms with Gasteiger partial charge in [0.25, 0.3) is 11.8 Å². The maximum atomic E-state index is 12.9. The van der Waals surface area contributed by atoms with Crippen molar-refractivity contribution in [3.05, 3.63) is 94.5 Å². The van der Waals surface area contributed by atoms with Crippen LogP contribution >= 0.6 is 11.6 Å². The zero-order valence-corrected chi connectivity index (χ0v) is 18.5. The number of benzene rings is 3. The first-order valence-corrected chi connectivity index (χ1v) is 10.2. The van der Waals surface area contributed by atoms with Crippen molar-refractivity contribution >= 4 is 40.8 Å². The number of carbonyl (C=O) groups excluding carboxylic acids is 3. The van der Waals surface area contributed by atoms with Gasteiger partial charge in [0.2, 0.25) is 0 Å². The van der Waals surface area contributed by atoms with Crippen LogP contribution in [0.5, 0.6) is 0 Å². The minimum absolute atomic E-state index is 0.0557. The van der Waals surface area contributed by atoms with E-state index in [1.54, 1.807) is 43.4 Å². The first-order valence-electron chi connectivity index (χ1n) is 9.84. The van der Waals surface area contributed by atoms with E-state index in [1.165, 1.54) is 23.1 Å². The molecule has 0 spiro atoms. The van der Waals surface area contributed by atoms with Crippen LogP contribution in [0.25, 0.3) is 0 Å². The largest absolute Gasteiger partial charge is 0.452 e. The van der Waals surface area contributed by atoms with Gasteiger partial charge in [-0.3, -0.25) is 9.59 Å². The summed E-state index contributed by atoms with van der Waals surface area (Å²) in [5.41, 5.74) is -0.690. The Hall–Kier alpha value is -3.85. The van der Waals surface area contributed by atoms with Crippen LogP contribution in [0.4, 0.5) is 24.5 Å². The highest BCUT2D eigenvalue weighted by atomic mass is 35.5. The lowest BCUT2D eigenvalue weighted by molar-refractivity contribution is -0.137. The van der Waals surface area contributed by atoms with Crippen molar-refractivity contribution in [3.63, 3.8) is 0 Å². The third-order valence-corrected chi connectivity index (χ3v) is 5.06. The van der Waals surface area contributed by atoms with Gasteiger partial charge >= 0.3 is 12.1 Å². The third-order valence-electron chi connectivity index (χ3n) is 4.73. The Morgan fingerprint density at radius 1 is 0.941 bits per heavy atom. The summed E-state index contributed by atoms with van der Waals surface area (Å²) in [5.74, 6) is -2.32. The summed E-state index contributed by atoms with van der Waals surface area (Å²) >= 11 is 5.85. The van der Waals surface area contributed by atoms with Gasteiger partial charge in [-0.2, -0.15) is 13.2 Å². The summed E-state index contributed by atoms with van der Waals surface area (Å²) in [5, 5.41) is 2.07. The second-order valence-electron chi connectivity index (χ2n) is 7.06. The lowest BCUT2D eigenvalue weighted by Crippen LogP contribution is -2.28. The number of esters is 1. The van der Waals surface area contributed by atoms with Gasteiger partial charge in [-0.15, -0.1) is 0 Å². The fraction of sp³-hybridized carbons (Fsp3) is 0.125. The standard InChI is InChI=1S/C24H18ClF3N2O4/c1-30(16-7-3-2-4-8-16)22(32)17-9-5-6-10-18(17)23(33)34-14-21(31)29-20-13-15(24(26,27)28)11-12-19(20)25/h2-13H,14H2,1H3,(H,29,31). The summed E-state index contributed by atoms with van der Waals surface area (Å²) in [6.45, 7) is -0.803. The molecule has 3 aromatic rings. The van der Waals surface area contributed by atoms with Gasteiger partial charge in [-0.1, -0.05) is 41.9 Å². The van der Waals surface area contributed by atoms with Crippen molar-refractivity contribution in [3.8, 4) is 0 Å². The van der Waals surface area contributed by atoms with Crippen molar-refractivity contribution in [2.24, 2.45) is 0 Å². The predicted octanol–water partition coefficient (Wildman–Crippen LogP) is 5.43. The molecule has 0 aliphatic carbocycles. The van der Waals surface area contributed by atoms with Gasteiger partial charge in [-0.25, -0.2) is 4.79 Å². The molecule has 3 rings (SSSR count). The molecule has 0 heterocycles. The Morgan fingerprint density at radius 3 is 2.21 bits per heavy atom. The van der Waals surface area contributed by atoms with Crippen LogP contribution in [0.3, 0.4) is 0 Å². The van der Waals surface area contributed by atoms with Gasteiger partial charge < -0.3 is 15.0 Å². The molecule has 0 saturated heterocycles. The number of alkyl halides is 3. The maximum Gasteiger partial charge on any atom is 0.416 e. The number of anilines is 2. The molecular weight excluding hydrogens is 473 g/mol. The Bertz CT molecular complexity index is 1220. The molecule has 0 atom stereocenters. The first-order chi connectivity index (χ1) is 16.1. The SMILES string of the molecule is CN(C(=O)c1ccccc1C(=O)OCC(=O)Nc1cc(C(F)(F)F)ccc1Cl)c1ccccc1. The number of hydrogen-bond acceptors (Lipinski definition) is 4. The maximum absolute atomic E-state index is 12.9. The highest BCUT2D eigenvalue weighted by Gasteiger charge is 2.31. The van der Waals surface area contributed by atoms with Crippen LogP contribution in [-0.2, 0) is 15.7 Å². The van der Waals surface area contributed by atoms with Gasteiger partial charge in [0, 0.05) is 12.7 Å². The molecular formula is C24H18ClF3N2O4.